The molecule has 4 N–H and O–H groups in total. The van der Waals surface area contributed by atoms with Crippen molar-refractivity contribution < 1.29 is 4.74 Å². The molecule has 1 fully saturated rings. The lowest BCUT2D eigenvalue weighted by Gasteiger charge is -2.27. The van der Waals surface area contributed by atoms with Crippen molar-refractivity contribution in [2.75, 3.05) is 18.6 Å². The smallest absolute Gasteiger partial charge is 0.223 e. The quantitative estimate of drug-likeness (QED) is 0.628. The minimum absolute atomic E-state index is 0.256. The van der Waals surface area contributed by atoms with Crippen molar-refractivity contribution in [2.45, 2.75) is 50.2 Å². The Morgan fingerprint density at radius 1 is 1.31 bits per heavy atom. The number of aryl methyl sites for hydroxylation is 1. The molecule has 29 heavy (non-hydrogen) atoms. The zero-order valence-corrected chi connectivity index (χ0v) is 17.7. The van der Waals surface area contributed by atoms with E-state index in [-0.39, 0.29) is 11.5 Å². The number of anilines is 1. The van der Waals surface area contributed by atoms with Gasteiger partial charge in [-0.2, -0.15) is 10.1 Å². The van der Waals surface area contributed by atoms with Crippen molar-refractivity contribution in [1.82, 2.24) is 24.7 Å². The van der Waals surface area contributed by atoms with Crippen LogP contribution in [0.2, 0.25) is 0 Å². The van der Waals surface area contributed by atoms with E-state index in [1.807, 2.05) is 24.7 Å². The number of methoxy groups -OCH3 is 1. The SMILES string of the molecule is COc1c(C)cnc(Cn2nc3c4c(nc(N)nc42)SC[C@](N)(C2CC2)C3)c1C. The topological polar surface area (TPSA) is 118 Å². The van der Waals surface area contributed by atoms with Crippen LogP contribution in [0.5, 0.6) is 5.75 Å². The molecule has 0 saturated heterocycles. The normalized spacial score (nSPS) is 21.4. The van der Waals surface area contributed by atoms with Gasteiger partial charge in [0.1, 0.15) is 10.8 Å². The summed E-state index contributed by atoms with van der Waals surface area (Å²) in [6.07, 6.45) is 4.95. The zero-order chi connectivity index (χ0) is 20.3. The fourth-order valence-corrected chi connectivity index (χ4v) is 5.58. The van der Waals surface area contributed by atoms with E-state index in [0.717, 1.165) is 56.5 Å². The first-order valence-electron chi connectivity index (χ1n) is 9.83. The third-order valence-electron chi connectivity index (χ3n) is 6.06. The number of hydrogen-bond donors (Lipinski definition) is 2. The molecule has 4 heterocycles. The Kier molecular flexibility index (Phi) is 4.22. The van der Waals surface area contributed by atoms with Gasteiger partial charge in [-0.3, -0.25) is 4.98 Å². The van der Waals surface area contributed by atoms with Crippen LogP contribution in [0.1, 0.15) is 35.4 Å². The fourth-order valence-electron chi connectivity index (χ4n) is 4.32. The first-order chi connectivity index (χ1) is 13.9. The Bertz CT molecular complexity index is 1120. The van der Waals surface area contributed by atoms with E-state index in [4.69, 9.17) is 21.3 Å². The Morgan fingerprint density at radius 2 is 2.10 bits per heavy atom. The average molecular weight is 412 g/mol. The van der Waals surface area contributed by atoms with Gasteiger partial charge in [-0.25, -0.2) is 9.67 Å². The van der Waals surface area contributed by atoms with Crippen LogP contribution in [0.4, 0.5) is 5.95 Å². The minimum atomic E-state index is -0.256. The van der Waals surface area contributed by atoms with Crippen LogP contribution in [0.3, 0.4) is 0 Å². The van der Waals surface area contributed by atoms with Gasteiger partial charge in [0, 0.05) is 35.0 Å². The molecular formula is C20H25N7OS. The summed E-state index contributed by atoms with van der Waals surface area (Å²) in [5, 5.41) is 6.79. The largest absolute Gasteiger partial charge is 0.496 e. The molecule has 0 spiro atoms. The van der Waals surface area contributed by atoms with E-state index in [0.29, 0.717) is 12.5 Å². The van der Waals surface area contributed by atoms with Gasteiger partial charge >= 0.3 is 0 Å². The second kappa shape index (κ2) is 6.56. The highest BCUT2D eigenvalue weighted by molar-refractivity contribution is 7.99. The monoisotopic (exact) mass is 411 g/mol. The van der Waals surface area contributed by atoms with Crippen molar-refractivity contribution in [3.05, 3.63) is 28.7 Å². The van der Waals surface area contributed by atoms with E-state index in [9.17, 15) is 0 Å². The molecular weight excluding hydrogens is 386 g/mol. The number of thioether (sulfide) groups is 1. The third-order valence-corrected chi connectivity index (χ3v) is 7.31. The molecule has 0 bridgehead atoms. The van der Waals surface area contributed by atoms with Gasteiger partial charge in [-0.1, -0.05) is 0 Å². The van der Waals surface area contributed by atoms with Gasteiger partial charge in [-0.15, -0.1) is 11.8 Å². The molecule has 5 rings (SSSR count). The van der Waals surface area contributed by atoms with Crippen LogP contribution < -0.4 is 16.2 Å². The molecule has 1 saturated carbocycles. The molecule has 8 nitrogen and oxygen atoms in total. The van der Waals surface area contributed by atoms with E-state index >= 15 is 0 Å². The number of nitrogens with two attached hydrogens (primary N) is 2. The highest BCUT2D eigenvalue weighted by Gasteiger charge is 2.45. The second-order valence-corrected chi connectivity index (χ2v) is 9.17. The maximum absolute atomic E-state index is 6.82. The van der Waals surface area contributed by atoms with Gasteiger partial charge in [0.05, 0.1) is 30.4 Å². The Labute approximate surface area is 173 Å². The third kappa shape index (κ3) is 3.03. The molecule has 1 aliphatic heterocycles. The standard InChI is InChI=1S/C20H25N7OS/c1-10-7-23-14(11(2)16(10)28-3)8-27-17-15-13(26-27)6-20(22,12-4-5-12)9-29-18(15)25-19(21)24-17/h7,12H,4-6,8-9,22H2,1-3H3,(H2,21,24,25)/t20-/m0/s1. The van der Waals surface area contributed by atoms with E-state index < -0.39 is 0 Å². The van der Waals surface area contributed by atoms with Crippen LogP contribution in [-0.4, -0.2) is 43.1 Å². The van der Waals surface area contributed by atoms with Crippen molar-refractivity contribution in [3.8, 4) is 5.75 Å². The lowest BCUT2D eigenvalue weighted by Crippen LogP contribution is -2.46. The molecule has 1 atom stereocenters. The van der Waals surface area contributed by atoms with E-state index in [1.165, 1.54) is 12.8 Å². The summed E-state index contributed by atoms with van der Waals surface area (Å²) in [4.78, 5) is 13.7. The molecule has 152 valence electrons. The van der Waals surface area contributed by atoms with Crippen LogP contribution in [0.15, 0.2) is 11.2 Å². The highest BCUT2D eigenvalue weighted by atomic mass is 32.2. The fraction of sp³-hybridized carbons (Fsp3) is 0.500. The molecule has 1 aliphatic carbocycles. The molecule has 0 unspecified atom stereocenters. The number of aromatic nitrogens is 5. The number of nitrogen functional groups attached to an aromatic ring is 1. The van der Waals surface area contributed by atoms with Crippen molar-refractivity contribution >= 4 is 28.7 Å². The van der Waals surface area contributed by atoms with Crippen LogP contribution in [0.25, 0.3) is 11.0 Å². The van der Waals surface area contributed by atoms with E-state index in [2.05, 4.69) is 15.0 Å². The first kappa shape index (κ1) is 18.6. The summed E-state index contributed by atoms with van der Waals surface area (Å²) in [5.74, 6) is 2.50. The molecule has 3 aromatic heterocycles. The number of pyridine rings is 1. The average Bonchev–Trinajstić information content (AvgIpc) is 3.49. The number of hydrogen-bond acceptors (Lipinski definition) is 8. The Balaban J connectivity index is 1.62. The predicted molar refractivity (Wildman–Crippen MR) is 113 cm³/mol. The van der Waals surface area contributed by atoms with Gasteiger partial charge in [-0.05, 0) is 32.6 Å². The molecule has 3 aromatic rings. The maximum atomic E-state index is 6.82. The molecule has 0 aromatic carbocycles. The number of ether oxygens (including phenoxy) is 1. The lowest BCUT2D eigenvalue weighted by atomic mass is 9.90. The summed E-state index contributed by atoms with van der Waals surface area (Å²) in [7, 11) is 1.68. The second-order valence-electron chi connectivity index (χ2n) is 8.21. The lowest BCUT2D eigenvalue weighted by molar-refractivity contribution is 0.406. The van der Waals surface area contributed by atoms with Crippen molar-refractivity contribution in [2.24, 2.45) is 11.7 Å². The molecule has 0 amide bonds. The molecule has 2 aliphatic rings. The highest BCUT2D eigenvalue weighted by Crippen LogP contribution is 2.46. The number of nitrogens with zero attached hydrogens (tertiary/aromatic N) is 5. The molecule has 0 radical (unpaired) electrons. The van der Waals surface area contributed by atoms with Crippen molar-refractivity contribution in [1.29, 1.82) is 0 Å². The summed E-state index contributed by atoms with van der Waals surface area (Å²) in [6, 6.07) is 0. The summed E-state index contributed by atoms with van der Waals surface area (Å²) < 4.78 is 7.44. The van der Waals surface area contributed by atoms with Crippen LogP contribution >= 0.6 is 11.8 Å². The summed E-state index contributed by atoms with van der Waals surface area (Å²) in [5.41, 5.74) is 17.2. The van der Waals surface area contributed by atoms with E-state index in [1.54, 1.807) is 18.9 Å². The maximum Gasteiger partial charge on any atom is 0.223 e. The van der Waals surface area contributed by atoms with Gasteiger partial charge in [0.2, 0.25) is 5.95 Å². The van der Waals surface area contributed by atoms with Crippen molar-refractivity contribution in [3.63, 3.8) is 0 Å². The predicted octanol–water partition coefficient (Wildman–Crippen LogP) is 2.23. The molecule has 9 heteroatoms. The zero-order valence-electron chi connectivity index (χ0n) is 16.9. The Morgan fingerprint density at radius 3 is 2.83 bits per heavy atom. The van der Waals surface area contributed by atoms with Gasteiger partial charge in [0.15, 0.2) is 5.65 Å². The minimum Gasteiger partial charge on any atom is -0.496 e. The van der Waals surface area contributed by atoms with Gasteiger partial charge < -0.3 is 16.2 Å². The summed E-state index contributed by atoms with van der Waals surface area (Å²) >= 11 is 1.68. The summed E-state index contributed by atoms with van der Waals surface area (Å²) in [6.45, 7) is 4.50. The van der Waals surface area contributed by atoms with Gasteiger partial charge in [0.25, 0.3) is 0 Å². The van der Waals surface area contributed by atoms with Crippen LogP contribution in [0, 0.1) is 19.8 Å². The number of rotatable bonds is 4. The van der Waals surface area contributed by atoms with Crippen LogP contribution in [-0.2, 0) is 13.0 Å². The Hall–Kier alpha value is -2.39. The first-order valence-corrected chi connectivity index (χ1v) is 10.8.